The summed E-state index contributed by atoms with van der Waals surface area (Å²) in [4.78, 5) is 64.3. The average molecular weight is 754 g/mol. The lowest BCUT2D eigenvalue weighted by atomic mass is 9.49. The number of anilines is 3. The Morgan fingerprint density at radius 1 is 0.800 bits per heavy atom. The van der Waals surface area contributed by atoms with E-state index in [1.54, 1.807) is 30.3 Å². The molecule has 0 aromatic heterocycles. The number of amides is 4. The maximum absolute atomic E-state index is 15.5. The summed E-state index contributed by atoms with van der Waals surface area (Å²) in [6.45, 7) is 6.68. The van der Waals surface area contributed by atoms with Gasteiger partial charge in [0.2, 0.25) is 23.6 Å². The zero-order valence-electron chi connectivity index (χ0n) is 30.1. The van der Waals surface area contributed by atoms with Crippen molar-refractivity contribution in [1.82, 2.24) is 0 Å². The number of hydrogen-bond donors (Lipinski definition) is 1. The number of aromatic hydroxyl groups is 1. The first-order valence-corrected chi connectivity index (χ1v) is 19.2. The van der Waals surface area contributed by atoms with Crippen LogP contribution in [0.3, 0.4) is 0 Å². The summed E-state index contributed by atoms with van der Waals surface area (Å²) in [5.41, 5.74) is 2.90. The number of hydrogen-bond acceptors (Lipinski definition) is 7. The van der Waals surface area contributed by atoms with Crippen LogP contribution in [0, 0.1) is 23.7 Å². The van der Waals surface area contributed by atoms with E-state index in [2.05, 4.69) is 11.5 Å². The fourth-order valence-electron chi connectivity index (χ4n) is 10.1. The van der Waals surface area contributed by atoms with Gasteiger partial charge in [-0.15, -0.1) is 6.58 Å². The van der Waals surface area contributed by atoms with E-state index >= 15 is 9.59 Å². The summed E-state index contributed by atoms with van der Waals surface area (Å²) < 4.78 is 5.50. The number of imide groups is 2. The zero-order valence-corrected chi connectivity index (χ0v) is 30.9. The van der Waals surface area contributed by atoms with Crippen molar-refractivity contribution < 1.29 is 29.0 Å². The molecule has 1 N–H and O–H groups in total. The Morgan fingerprint density at radius 3 is 2.25 bits per heavy atom. The molecule has 278 valence electrons. The maximum atomic E-state index is 15.5. The van der Waals surface area contributed by atoms with Gasteiger partial charge in [-0.3, -0.25) is 24.1 Å². The van der Waals surface area contributed by atoms with Gasteiger partial charge in [0.1, 0.15) is 5.75 Å². The van der Waals surface area contributed by atoms with Crippen LogP contribution in [0.25, 0.3) is 0 Å². The molecular formula is C45H40ClN3O6. The number of carbonyl (C=O) groups excluding carboxylic acids is 4. The summed E-state index contributed by atoms with van der Waals surface area (Å²) in [5.74, 6) is -5.13. The van der Waals surface area contributed by atoms with Gasteiger partial charge in [0, 0.05) is 35.3 Å². The van der Waals surface area contributed by atoms with Gasteiger partial charge in [-0.25, -0.2) is 4.90 Å². The van der Waals surface area contributed by atoms with Crippen molar-refractivity contribution in [2.75, 3.05) is 41.0 Å². The standard InChI is InChI=1S/C45H40ClN3O6/c1-2-8-27-9-6-14-35(40(27)50)39-33-19-20-34-38(43(53)48(41(34)51)31-17-15-30(16-18-31)47-21-23-55-24-22-47)36(33)26-37-42(52)49(32-13-7-12-29(46)25-32)44(54)45(37,39)28-10-4-3-5-11-28/h2-7,9-19,25,34,36-39,50H,1,8,20-24,26H2. The number of halogens is 1. The van der Waals surface area contributed by atoms with Crippen LogP contribution < -0.4 is 14.7 Å². The van der Waals surface area contributed by atoms with Gasteiger partial charge in [0.05, 0.1) is 47.8 Å². The lowest BCUT2D eigenvalue weighted by Gasteiger charge is -2.50. The van der Waals surface area contributed by atoms with Crippen LogP contribution in [0.2, 0.25) is 5.02 Å². The molecule has 6 atom stereocenters. The first-order valence-electron chi connectivity index (χ1n) is 18.9. The highest BCUT2D eigenvalue weighted by Gasteiger charge is 2.70. The van der Waals surface area contributed by atoms with Crippen LogP contribution in [-0.4, -0.2) is 55.0 Å². The van der Waals surface area contributed by atoms with E-state index in [0.717, 1.165) is 24.4 Å². The molecule has 3 heterocycles. The SMILES string of the molecule is C=CCc1cccc(C2C3=CCC4C(=O)N(c5ccc(N6CCOCC6)cc5)C(=O)C4C3CC3C(=O)N(c4cccc(Cl)c4)C(=O)C32c2ccccc2)c1O. The normalized spacial score (nSPS) is 27.5. The first-order chi connectivity index (χ1) is 26.7. The predicted molar refractivity (Wildman–Crippen MR) is 210 cm³/mol. The van der Waals surface area contributed by atoms with E-state index in [1.165, 1.54) is 9.80 Å². The molecule has 1 saturated carbocycles. The largest absolute Gasteiger partial charge is 0.507 e. The van der Waals surface area contributed by atoms with Crippen LogP contribution in [0.4, 0.5) is 17.1 Å². The highest BCUT2D eigenvalue weighted by molar-refractivity contribution is 6.32. The Bertz CT molecular complexity index is 2270. The van der Waals surface area contributed by atoms with E-state index < -0.39 is 46.8 Å². The molecule has 4 aromatic carbocycles. The van der Waals surface area contributed by atoms with Crippen molar-refractivity contribution in [3.8, 4) is 5.75 Å². The Kier molecular flexibility index (Phi) is 8.74. The molecule has 3 aliphatic heterocycles. The molecule has 5 aliphatic rings. The third kappa shape index (κ3) is 5.31. The number of phenols is 1. The molecule has 3 saturated heterocycles. The molecule has 9 rings (SSSR count). The van der Waals surface area contributed by atoms with Gasteiger partial charge in [-0.05, 0) is 78.8 Å². The van der Waals surface area contributed by atoms with Gasteiger partial charge >= 0.3 is 0 Å². The molecule has 9 nitrogen and oxygen atoms in total. The predicted octanol–water partition coefficient (Wildman–Crippen LogP) is 6.98. The third-order valence-corrected chi connectivity index (χ3v) is 12.7. The van der Waals surface area contributed by atoms with Gasteiger partial charge < -0.3 is 14.7 Å². The number of morpholine rings is 1. The van der Waals surface area contributed by atoms with Crippen molar-refractivity contribution >= 4 is 52.3 Å². The van der Waals surface area contributed by atoms with Crippen LogP contribution in [0.15, 0.2) is 121 Å². The summed E-state index contributed by atoms with van der Waals surface area (Å²) >= 11 is 6.44. The number of ether oxygens (including phenoxy) is 1. The van der Waals surface area contributed by atoms with E-state index in [-0.39, 0.29) is 30.4 Å². The average Bonchev–Trinajstić information content (AvgIpc) is 3.60. The zero-order chi connectivity index (χ0) is 38.0. The lowest BCUT2D eigenvalue weighted by Crippen LogP contribution is -2.53. The maximum Gasteiger partial charge on any atom is 0.246 e. The van der Waals surface area contributed by atoms with Crippen molar-refractivity contribution in [3.05, 3.63) is 143 Å². The molecule has 0 bridgehead atoms. The van der Waals surface area contributed by atoms with Crippen molar-refractivity contribution in [3.63, 3.8) is 0 Å². The number of rotatable bonds is 7. The number of carbonyl (C=O) groups is 4. The van der Waals surface area contributed by atoms with Crippen molar-refractivity contribution in [1.29, 1.82) is 0 Å². The highest BCUT2D eigenvalue weighted by atomic mass is 35.5. The van der Waals surface area contributed by atoms with E-state index in [0.29, 0.717) is 52.7 Å². The Morgan fingerprint density at radius 2 is 1.53 bits per heavy atom. The second kappa shape index (κ2) is 13.7. The van der Waals surface area contributed by atoms with Crippen molar-refractivity contribution in [2.45, 2.75) is 30.6 Å². The minimum atomic E-state index is -1.49. The molecule has 6 unspecified atom stereocenters. The van der Waals surface area contributed by atoms with E-state index in [1.807, 2.05) is 78.9 Å². The Labute approximate surface area is 324 Å². The number of fused-ring (bicyclic) bond motifs is 4. The molecule has 2 aliphatic carbocycles. The minimum Gasteiger partial charge on any atom is -0.507 e. The molecule has 0 radical (unpaired) electrons. The molecule has 4 aromatic rings. The fourth-order valence-corrected chi connectivity index (χ4v) is 10.3. The Hall–Kier alpha value is -5.51. The number of nitrogens with zero attached hydrogens (tertiary/aromatic N) is 3. The number of benzene rings is 4. The van der Waals surface area contributed by atoms with Crippen LogP contribution in [0.1, 0.15) is 35.4 Å². The summed E-state index contributed by atoms with van der Waals surface area (Å²) in [6.07, 6.45) is 4.54. The second-order valence-electron chi connectivity index (χ2n) is 15.1. The number of allylic oxidation sites excluding steroid dienone is 3. The third-order valence-electron chi connectivity index (χ3n) is 12.5. The van der Waals surface area contributed by atoms with E-state index in [9.17, 15) is 14.7 Å². The second-order valence-corrected chi connectivity index (χ2v) is 15.5. The fraction of sp³-hybridized carbons (Fsp3) is 0.289. The quantitative estimate of drug-likeness (QED) is 0.160. The van der Waals surface area contributed by atoms with Crippen LogP contribution >= 0.6 is 11.6 Å². The molecule has 4 fully saturated rings. The smallest absolute Gasteiger partial charge is 0.246 e. The minimum absolute atomic E-state index is 0.0161. The molecule has 55 heavy (non-hydrogen) atoms. The monoisotopic (exact) mass is 753 g/mol. The summed E-state index contributed by atoms with van der Waals surface area (Å²) in [6, 6.07) is 29.0. The van der Waals surface area contributed by atoms with Crippen LogP contribution in [0.5, 0.6) is 5.75 Å². The molecule has 4 amide bonds. The van der Waals surface area contributed by atoms with E-state index in [4.69, 9.17) is 16.3 Å². The van der Waals surface area contributed by atoms with Crippen LogP contribution in [-0.2, 0) is 35.8 Å². The summed E-state index contributed by atoms with van der Waals surface area (Å²) in [7, 11) is 0. The first kappa shape index (κ1) is 35.2. The Balaban J connectivity index is 1.20. The topological polar surface area (TPSA) is 107 Å². The highest BCUT2D eigenvalue weighted by Crippen LogP contribution is 2.65. The van der Waals surface area contributed by atoms with Crippen molar-refractivity contribution in [2.24, 2.45) is 23.7 Å². The van der Waals surface area contributed by atoms with Gasteiger partial charge in [0.25, 0.3) is 0 Å². The van der Waals surface area contributed by atoms with Gasteiger partial charge in [0.15, 0.2) is 0 Å². The van der Waals surface area contributed by atoms with Gasteiger partial charge in [-0.1, -0.05) is 83.9 Å². The molecular weight excluding hydrogens is 714 g/mol. The number of para-hydroxylation sites is 1. The molecule has 10 heteroatoms. The molecule has 0 spiro atoms. The number of phenolic OH excluding ortho intramolecular Hbond substituents is 1. The van der Waals surface area contributed by atoms with Gasteiger partial charge in [-0.2, -0.15) is 0 Å². The summed E-state index contributed by atoms with van der Waals surface area (Å²) in [5, 5.41) is 12.4. The lowest BCUT2D eigenvalue weighted by molar-refractivity contribution is -0.127.